The highest BCUT2D eigenvalue weighted by molar-refractivity contribution is 7.17. The fraction of sp³-hybridized carbons (Fsp3) is 0.429. The number of hydrogen-bond donors (Lipinski definition) is 1. The summed E-state index contributed by atoms with van der Waals surface area (Å²) >= 11 is 1.68. The molecule has 5 nitrogen and oxygen atoms in total. The van der Waals surface area contributed by atoms with Crippen LogP contribution in [0.3, 0.4) is 0 Å². The highest BCUT2D eigenvalue weighted by atomic mass is 32.1. The number of aryl methyl sites for hydroxylation is 2. The molecule has 1 aliphatic carbocycles. The lowest BCUT2D eigenvalue weighted by Crippen LogP contribution is -2.19. The van der Waals surface area contributed by atoms with E-state index in [1.807, 2.05) is 4.40 Å². The summed E-state index contributed by atoms with van der Waals surface area (Å²) in [7, 11) is 0. The van der Waals surface area contributed by atoms with E-state index in [1.54, 1.807) is 17.4 Å². The van der Waals surface area contributed by atoms with Crippen LogP contribution < -0.4 is 15.8 Å². The van der Waals surface area contributed by atoms with Crippen molar-refractivity contribution in [2.75, 3.05) is 23.3 Å². The van der Waals surface area contributed by atoms with E-state index in [0.29, 0.717) is 6.54 Å². The van der Waals surface area contributed by atoms with Crippen molar-refractivity contribution in [2.24, 2.45) is 0 Å². The minimum Gasteiger partial charge on any atom is -0.379 e. The van der Waals surface area contributed by atoms with Gasteiger partial charge in [0.2, 0.25) is 0 Å². The SMILES string of the molecule is O=c1cc(CNc2ccc(N3CCCC3)cc2)nc2sc3c(n12)CCCC3. The molecule has 1 aromatic carbocycles. The lowest BCUT2D eigenvalue weighted by molar-refractivity contribution is 0.670. The van der Waals surface area contributed by atoms with Gasteiger partial charge in [0, 0.05) is 41.1 Å². The molecule has 5 rings (SSSR count). The van der Waals surface area contributed by atoms with Crippen LogP contribution >= 0.6 is 11.3 Å². The second kappa shape index (κ2) is 7.00. The molecule has 0 atom stereocenters. The summed E-state index contributed by atoms with van der Waals surface area (Å²) in [6, 6.07) is 10.3. The van der Waals surface area contributed by atoms with Gasteiger partial charge in [0.25, 0.3) is 5.56 Å². The van der Waals surface area contributed by atoms with Crippen LogP contribution in [-0.4, -0.2) is 22.5 Å². The van der Waals surface area contributed by atoms with Gasteiger partial charge in [-0.15, -0.1) is 11.3 Å². The molecular formula is C21H24N4OS. The van der Waals surface area contributed by atoms with E-state index in [2.05, 4.69) is 34.5 Å². The van der Waals surface area contributed by atoms with Gasteiger partial charge in [0.1, 0.15) is 0 Å². The zero-order valence-corrected chi connectivity index (χ0v) is 16.2. The smallest absolute Gasteiger partial charge is 0.259 e. The molecule has 0 amide bonds. The average Bonchev–Trinajstić information content (AvgIpc) is 3.34. The number of aromatic nitrogens is 2. The minimum atomic E-state index is 0.0561. The summed E-state index contributed by atoms with van der Waals surface area (Å²) in [6.07, 6.45) is 7.04. The number of rotatable bonds is 4. The van der Waals surface area contributed by atoms with Crippen LogP contribution in [0, 0.1) is 0 Å². The molecule has 2 aromatic heterocycles. The molecule has 0 saturated carbocycles. The standard InChI is InChI=1S/C21H24N4OS/c26-20-13-16(23-21-25(20)18-5-1-2-6-19(18)27-21)14-22-15-7-9-17(10-8-15)24-11-3-4-12-24/h7-10,13,22H,1-6,11-12,14H2. The number of hydrogen-bond acceptors (Lipinski definition) is 5. The molecule has 1 N–H and O–H groups in total. The predicted molar refractivity (Wildman–Crippen MR) is 111 cm³/mol. The van der Waals surface area contributed by atoms with Crippen LogP contribution in [0.15, 0.2) is 35.1 Å². The van der Waals surface area contributed by atoms with E-state index >= 15 is 0 Å². The normalized spacial score (nSPS) is 16.7. The van der Waals surface area contributed by atoms with E-state index < -0.39 is 0 Å². The molecule has 3 aromatic rings. The average molecular weight is 381 g/mol. The largest absolute Gasteiger partial charge is 0.379 e. The van der Waals surface area contributed by atoms with E-state index in [9.17, 15) is 4.79 Å². The number of fused-ring (bicyclic) bond motifs is 3. The van der Waals surface area contributed by atoms with Crippen molar-refractivity contribution in [3.05, 3.63) is 57.0 Å². The number of benzene rings is 1. The monoisotopic (exact) mass is 380 g/mol. The van der Waals surface area contributed by atoms with Gasteiger partial charge in [-0.1, -0.05) is 0 Å². The number of thiazole rings is 1. The molecule has 6 heteroatoms. The maximum atomic E-state index is 12.6. The molecule has 140 valence electrons. The molecule has 0 bridgehead atoms. The number of anilines is 2. The Labute approximate surface area is 162 Å². The number of nitrogens with zero attached hydrogens (tertiary/aromatic N) is 3. The van der Waals surface area contributed by atoms with Crippen molar-refractivity contribution in [1.82, 2.24) is 9.38 Å². The molecule has 1 aliphatic heterocycles. The van der Waals surface area contributed by atoms with E-state index in [0.717, 1.165) is 42.3 Å². The summed E-state index contributed by atoms with van der Waals surface area (Å²) in [5.41, 5.74) is 4.41. The molecule has 0 spiro atoms. The quantitative estimate of drug-likeness (QED) is 0.747. The highest BCUT2D eigenvalue weighted by Gasteiger charge is 2.18. The fourth-order valence-electron chi connectivity index (χ4n) is 4.19. The van der Waals surface area contributed by atoms with Gasteiger partial charge in [-0.25, -0.2) is 4.98 Å². The van der Waals surface area contributed by atoms with Gasteiger partial charge < -0.3 is 10.2 Å². The van der Waals surface area contributed by atoms with Crippen LogP contribution in [-0.2, 0) is 19.4 Å². The molecule has 3 heterocycles. The van der Waals surface area contributed by atoms with E-state index in [-0.39, 0.29) is 5.56 Å². The van der Waals surface area contributed by atoms with Crippen LogP contribution in [0.4, 0.5) is 11.4 Å². The lowest BCUT2D eigenvalue weighted by Gasteiger charge is -2.18. The first-order valence-electron chi connectivity index (χ1n) is 9.90. The van der Waals surface area contributed by atoms with Crippen molar-refractivity contribution in [3.63, 3.8) is 0 Å². The first-order valence-corrected chi connectivity index (χ1v) is 10.7. The fourth-order valence-corrected chi connectivity index (χ4v) is 5.42. The van der Waals surface area contributed by atoms with Crippen LogP contribution in [0.2, 0.25) is 0 Å². The number of nitrogens with one attached hydrogen (secondary N) is 1. The van der Waals surface area contributed by atoms with Gasteiger partial charge in [-0.2, -0.15) is 0 Å². The molecule has 27 heavy (non-hydrogen) atoms. The first-order chi connectivity index (χ1) is 13.3. The van der Waals surface area contributed by atoms with Crippen molar-refractivity contribution >= 4 is 27.7 Å². The van der Waals surface area contributed by atoms with E-state index in [4.69, 9.17) is 4.98 Å². The third-order valence-electron chi connectivity index (χ3n) is 5.63. The summed E-state index contributed by atoms with van der Waals surface area (Å²) in [5.74, 6) is 0. The topological polar surface area (TPSA) is 49.6 Å². The third-order valence-corrected chi connectivity index (χ3v) is 6.77. The van der Waals surface area contributed by atoms with Gasteiger partial charge in [-0.05, 0) is 62.8 Å². The van der Waals surface area contributed by atoms with Gasteiger partial charge in [0.05, 0.1) is 12.2 Å². The predicted octanol–water partition coefficient (Wildman–Crippen LogP) is 3.85. The molecule has 1 saturated heterocycles. The summed E-state index contributed by atoms with van der Waals surface area (Å²) in [5, 5.41) is 3.41. The zero-order valence-electron chi connectivity index (χ0n) is 15.4. The third kappa shape index (κ3) is 3.23. The van der Waals surface area contributed by atoms with E-state index in [1.165, 1.54) is 41.9 Å². The summed E-state index contributed by atoms with van der Waals surface area (Å²) < 4.78 is 1.83. The van der Waals surface area contributed by atoms with Gasteiger partial charge >= 0.3 is 0 Å². The van der Waals surface area contributed by atoms with Crippen molar-refractivity contribution < 1.29 is 0 Å². The Morgan fingerprint density at radius 2 is 1.81 bits per heavy atom. The lowest BCUT2D eigenvalue weighted by atomic mass is 10.0. The Balaban J connectivity index is 1.33. The maximum Gasteiger partial charge on any atom is 0.259 e. The molecular weight excluding hydrogens is 356 g/mol. The Hall–Kier alpha value is -2.34. The Kier molecular flexibility index (Phi) is 4.36. The van der Waals surface area contributed by atoms with Crippen LogP contribution in [0.25, 0.3) is 4.96 Å². The Bertz CT molecular complexity index is 1020. The van der Waals surface area contributed by atoms with Crippen molar-refractivity contribution in [1.29, 1.82) is 0 Å². The minimum absolute atomic E-state index is 0.0561. The molecule has 0 radical (unpaired) electrons. The highest BCUT2D eigenvalue weighted by Crippen LogP contribution is 2.28. The Morgan fingerprint density at radius 3 is 2.63 bits per heavy atom. The molecule has 0 unspecified atom stereocenters. The first kappa shape index (κ1) is 16.8. The second-order valence-corrected chi connectivity index (χ2v) is 8.54. The van der Waals surface area contributed by atoms with Crippen molar-refractivity contribution in [3.8, 4) is 0 Å². The summed E-state index contributed by atoms with van der Waals surface area (Å²) in [4.78, 5) is 22.0. The van der Waals surface area contributed by atoms with Gasteiger partial charge in [0.15, 0.2) is 4.96 Å². The van der Waals surface area contributed by atoms with Crippen LogP contribution in [0.1, 0.15) is 41.9 Å². The summed E-state index contributed by atoms with van der Waals surface area (Å²) in [6.45, 7) is 2.88. The van der Waals surface area contributed by atoms with Crippen LogP contribution in [0.5, 0.6) is 0 Å². The second-order valence-electron chi connectivity index (χ2n) is 7.48. The maximum absolute atomic E-state index is 12.6. The van der Waals surface area contributed by atoms with Crippen molar-refractivity contribution in [2.45, 2.75) is 45.1 Å². The zero-order chi connectivity index (χ0) is 18.2. The molecule has 1 fully saturated rings. The Morgan fingerprint density at radius 1 is 1.04 bits per heavy atom. The van der Waals surface area contributed by atoms with Gasteiger partial charge in [-0.3, -0.25) is 9.20 Å². The molecule has 2 aliphatic rings.